The quantitative estimate of drug-likeness (QED) is 0.551. The third-order valence-corrected chi connectivity index (χ3v) is 4.48. The van der Waals surface area contributed by atoms with Crippen molar-refractivity contribution in [2.75, 3.05) is 10.5 Å². The zero-order valence-corrected chi connectivity index (χ0v) is 12.9. The summed E-state index contributed by atoms with van der Waals surface area (Å²) in [5, 5.41) is -0.0777. The molecule has 0 saturated heterocycles. The number of nitrogens with zero attached hydrogens (tertiary/aromatic N) is 4. The Hall–Kier alpha value is -2.39. The zero-order valence-electron chi connectivity index (χ0n) is 11.4. The first kappa shape index (κ1) is 14.5. The van der Waals surface area contributed by atoms with Gasteiger partial charge in [0.15, 0.2) is 17.0 Å². The van der Waals surface area contributed by atoms with Gasteiger partial charge in [0.05, 0.1) is 11.2 Å². The number of nitrogen functional groups attached to an aromatic ring is 1. The molecule has 0 atom stereocenters. The fourth-order valence-electron chi connectivity index (χ4n) is 1.88. The highest BCUT2D eigenvalue weighted by molar-refractivity contribution is 7.92. The van der Waals surface area contributed by atoms with Gasteiger partial charge in [0.1, 0.15) is 0 Å². The van der Waals surface area contributed by atoms with E-state index in [-0.39, 0.29) is 16.0 Å². The molecule has 0 fully saturated rings. The average molecular weight is 339 g/mol. The van der Waals surface area contributed by atoms with Gasteiger partial charge in [-0.25, -0.2) is 13.4 Å². The van der Waals surface area contributed by atoms with Crippen LogP contribution in [0.25, 0.3) is 11.2 Å². The molecule has 3 N–H and O–H groups in total. The third kappa shape index (κ3) is 2.55. The lowest BCUT2D eigenvalue weighted by atomic mass is 10.3. The van der Waals surface area contributed by atoms with Gasteiger partial charge >= 0.3 is 0 Å². The van der Waals surface area contributed by atoms with Crippen LogP contribution in [-0.2, 0) is 17.1 Å². The van der Waals surface area contributed by atoms with Crippen molar-refractivity contribution in [2.45, 2.75) is 4.90 Å². The maximum atomic E-state index is 12.4. The van der Waals surface area contributed by atoms with Gasteiger partial charge in [0, 0.05) is 12.7 Å². The monoisotopic (exact) mass is 338 g/mol. The van der Waals surface area contributed by atoms with Gasteiger partial charge < -0.3 is 10.3 Å². The van der Waals surface area contributed by atoms with E-state index in [1.165, 1.54) is 30.6 Å². The average Bonchev–Trinajstić information content (AvgIpc) is 2.81. The minimum Gasteiger partial charge on any atom is -0.399 e. The van der Waals surface area contributed by atoms with Crippen LogP contribution in [0.1, 0.15) is 0 Å². The molecule has 2 aromatic heterocycles. The van der Waals surface area contributed by atoms with Gasteiger partial charge in [-0.3, -0.25) is 4.72 Å². The lowest BCUT2D eigenvalue weighted by Gasteiger charge is -2.08. The number of nitrogens with one attached hydrogen (secondary N) is 1. The number of fused-ring (bicyclic) bond motifs is 1. The molecule has 0 bridgehead atoms. The molecule has 0 aliphatic carbocycles. The number of benzene rings is 1. The summed E-state index contributed by atoms with van der Waals surface area (Å²) in [7, 11) is -2.11. The van der Waals surface area contributed by atoms with Crippen LogP contribution < -0.4 is 10.5 Å². The molecule has 114 valence electrons. The fraction of sp³-hybridized carbons (Fsp3) is 0.0833. The number of anilines is 2. The van der Waals surface area contributed by atoms with Crippen molar-refractivity contribution in [3.8, 4) is 0 Å². The summed E-state index contributed by atoms with van der Waals surface area (Å²) in [6.07, 6.45) is 1.50. The summed E-state index contributed by atoms with van der Waals surface area (Å²) in [6, 6.07) is 5.79. The highest BCUT2D eigenvalue weighted by Crippen LogP contribution is 2.23. The van der Waals surface area contributed by atoms with Gasteiger partial charge in [-0.2, -0.15) is 9.97 Å². The number of hydrogen-bond donors (Lipinski definition) is 2. The van der Waals surface area contributed by atoms with Gasteiger partial charge in [-0.05, 0) is 35.9 Å². The van der Waals surface area contributed by atoms with Crippen LogP contribution in [0.4, 0.5) is 11.5 Å². The Morgan fingerprint density at radius 3 is 2.59 bits per heavy atom. The van der Waals surface area contributed by atoms with Crippen molar-refractivity contribution >= 4 is 44.3 Å². The number of hydrogen-bond acceptors (Lipinski definition) is 6. The van der Waals surface area contributed by atoms with E-state index in [9.17, 15) is 8.42 Å². The number of halogens is 1. The van der Waals surface area contributed by atoms with E-state index in [0.29, 0.717) is 16.9 Å². The van der Waals surface area contributed by atoms with Crippen molar-refractivity contribution in [2.24, 2.45) is 7.05 Å². The Labute approximate surface area is 131 Å². The SMILES string of the molecule is Cn1cnc2c(NS(=O)(=O)c3ccc(N)cc3)nc(Cl)nc21. The summed E-state index contributed by atoms with van der Waals surface area (Å²) in [4.78, 5) is 12.1. The molecule has 0 amide bonds. The molecule has 22 heavy (non-hydrogen) atoms. The molecule has 0 radical (unpaired) electrons. The lowest BCUT2D eigenvalue weighted by Crippen LogP contribution is -2.14. The molecule has 3 aromatic rings. The van der Waals surface area contributed by atoms with Gasteiger partial charge in [-0.15, -0.1) is 0 Å². The Morgan fingerprint density at radius 2 is 1.91 bits per heavy atom. The maximum absolute atomic E-state index is 12.4. The summed E-state index contributed by atoms with van der Waals surface area (Å²) >= 11 is 5.83. The Balaban J connectivity index is 2.07. The number of aryl methyl sites for hydroxylation is 1. The second-order valence-electron chi connectivity index (χ2n) is 4.54. The van der Waals surface area contributed by atoms with E-state index in [1.807, 2.05) is 0 Å². The summed E-state index contributed by atoms with van der Waals surface area (Å²) < 4.78 is 28.8. The first-order valence-electron chi connectivity index (χ1n) is 6.10. The Kier molecular flexibility index (Phi) is 3.38. The van der Waals surface area contributed by atoms with Crippen molar-refractivity contribution in [1.29, 1.82) is 0 Å². The number of imidazole rings is 1. The van der Waals surface area contributed by atoms with E-state index in [2.05, 4.69) is 19.7 Å². The molecule has 0 unspecified atom stereocenters. The molecule has 3 rings (SSSR count). The van der Waals surface area contributed by atoms with Gasteiger partial charge in [0.2, 0.25) is 5.28 Å². The van der Waals surface area contributed by atoms with E-state index in [4.69, 9.17) is 17.3 Å². The van der Waals surface area contributed by atoms with E-state index >= 15 is 0 Å². The minimum absolute atomic E-state index is 0.0208. The largest absolute Gasteiger partial charge is 0.399 e. The smallest absolute Gasteiger partial charge is 0.263 e. The van der Waals surface area contributed by atoms with Crippen LogP contribution in [0.3, 0.4) is 0 Å². The molecule has 10 heteroatoms. The second-order valence-corrected chi connectivity index (χ2v) is 6.56. The highest BCUT2D eigenvalue weighted by atomic mass is 35.5. The lowest BCUT2D eigenvalue weighted by molar-refractivity contribution is 0.601. The number of rotatable bonds is 3. The number of nitrogens with two attached hydrogens (primary N) is 1. The first-order chi connectivity index (χ1) is 10.4. The minimum atomic E-state index is -3.83. The van der Waals surface area contributed by atoms with Crippen LogP contribution in [0.15, 0.2) is 35.5 Å². The predicted molar refractivity (Wildman–Crippen MR) is 83.0 cm³/mol. The topological polar surface area (TPSA) is 116 Å². The standard InChI is InChI=1S/C12H11ClN6O2S/c1-19-6-15-9-10(16-12(13)17-11(9)19)18-22(20,21)8-4-2-7(14)3-5-8/h2-6H,14H2,1H3,(H,16,17,18). The summed E-state index contributed by atoms with van der Waals surface area (Å²) in [5.74, 6) is 0.0208. The highest BCUT2D eigenvalue weighted by Gasteiger charge is 2.19. The van der Waals surface area contributed by atoms with E-state index < -0.39 is 10.0 Å². The van der Waals surface area contributed by atoms with Crippen molar-refractivity contribution in [1.82, 2.24) is 19.5 Å². The maximum Gasteiger partial charge on any atom is 0.263 e. The number of sulfonamides is 1. The summed E-state index contributed by atoms with van der Waals surface area (Å²) in [5.41, 5.74) is 6.76. The third-order valence-electron chi connectivity index (χ3n) is 2.95. The van der Waals surface area contributed by atoms with Crippen molar-refractivity contribution in [3.05, 3.63) is 35.9 Å². The Morgan fingerprint density at radius 1 is 1.23 bits per heavy atom. The molecule has 2 heterocycles. The predicted octanol–water partition coefficient (Wildman–Crippen LogP) is 1.40. The van der Waals surface area contributed by atoms with Crippen LogP contribution in [0.5, 0.6) is 0 Å². The second kappa shape index (κ2) is 5.11. The van der Waals surface area contributed by atoms with Crippen LogP contribution in [0.2, 0.25) is 5.28 Å². The molecule has 0 aliphatic heterocycles. The molecule has 1 aromatic carbocycles. The molecular formula is C12H11ClN6O2S. The van der Waals surface area contributed by atoms with E-state index in [0.717, 1.165) is 0 Å². The van der Waals surface area contributed by atoms with Gasteiger partial charge in [0.25, 0.3) is 10.0 Å². The fourth-order valence-corrected chi connectivity index (χ4v) is 3.06. The van der Waals surface area contributed by atoms with Crippen molar-refractivity contribution in [3.63, 3.8) is 0 Å². The Bertz CT molecular complexity index is 952. The van der Waals surface area contributed by atoms with Crippen LogP contribution in [0, 0.1) is 0 Å². The molecular weight excluding hydrogens is 328 g/mol. The van der Waals surface area contributed by atoms with Gasteiger partial charge in [-0.1, -0.05) is 0 Å². The van der Waals surface area contributed by atoms with Crippen LogP contribution >= 0.6 is 11.6 Å². The molecule has 0 spiro atoms. The van der Waals surface area contributed by atoms with Crippen LogP contribution in [-0.4, -0.2) is 27.9 Å². The zero-order chi connectivity index (χ0) is 15.9. The number of aromatic nitrogens is 4. The normalized spacial score (nSPS) is 11.7. The molecule has 0 aliphatic rings. The van der Waals surface area contributed by atoms with Crippen molar-refractivity contribution < 1.29 is 8.42 Å². The molecule has 0 saturated carbocycles. The summed E-state index contributed by atoms with van der Waals surface area (Å²) in [6.45, 7) is 0. The van der Waals surface area contributed by atoms with E-state index in [1.54, 1.807) is 11.6 Å². The molecule has 8 nitrogen and oxygen atoms in total. The first-order valence-corrected chi connectivity index (χ1v) is 7.96.